The van der Waals surface area contributed by atoms with E-state index in [1.165, 1.54) is 37.4 Å². The van der Waals surface area contributed by atoms with E-state index in [1.807, 2.05) is 0 Å². The molecule has 0 saturated carbocycles. The van der Waals surface area contributed by atoms with Crippen molar-refractivity contribution < 1.29 is 16.8 Å². The van der Waals surface area contributed by atoms with Crippen LogP contribution < -0.4 is 10.5 Å². The number of nitrogens with zero attached hydrogens (tertiary/aromatic N) is 1. The molecule has 0 radical (unpaired) electrons. The van der Waals surface area contributed by atoms with E-state index >= 15 is 0 Å². The maximum absolute atomic E-state index is 12.6. The Labute approximate surface area is 135 Å². The first kappa shape index (κ1) is 17.2. The molecule has 0 aliphatic rings. The van der Waals surface area contributed by atoms with E-state index in [9.17, 15) is 16.8 Å². The molecule has 0 amide bonds. The average Bonchev–Trinajstić information content (AvgIpc) is 2.42. The summed E-state index contributed by atoms with van der Waals surface area (Å²) in [5.41, 5.74) is 6.40. The fraction of sp³-hybridized carbons (Fsp3) is 0.214. The van der Waals surface area contributed by atoms with Gasteiger partial charge < -0.3 is 5.73 Å². The molecule has 0 fully saturated rings. The summed E-state index contributed by atoms with van der Waals surface area (Å²) in [4.78, 5) is 3.71. The third-order valence-corrected chi connectivity index (χ3v) is 5.91. The highest BCUT2D eigenvalue weighted by Gasteiger charge is 2.23. The molecular weight excluding hydrogens is 338 g/mol. The Kier molecular flexibility index (Phi) is 4.36. The molecule has 1 aromatic heterocycles. The van der Waals surface area contributed by atoms with Crippen molar-refractivity contribution in [3.63, 3.8) is 0 Å². The Morgan fingerprint density at radius 1 is 1.04 bits per heavy atom. The van der Waals surface area contributed by atoms with Crippen LogP contribution in [0.5, 0.6) is 0 Å². The fourth-order valence-corrected chi connectivity index (χ4v) is 4.66. The number of hydrogen-bond donors (Lipinski definition) is 2. The van der Waals surface area contributed by atoms with Crippen LogP contribution in [0.1, 0.15) is 11.1 Å². The minimum Gasteiger partial charge on any atom is -0.384 e. The average molecular weight is 355 g/mol. The number of aryl methyl sites for hydroxylation is 1. The zero-order valence-corrected chi connectivity index (χ0v) is 14.5. The minimum atomic E-state index is -3.96. The number of hydrogen-bond acceptors (Lipinski definition) is 6. The number of anilines is 2. The highest BCUT2D eigenvalue weighted by atomic mass is 32.2. The van der Waals surface area contributed by atoms with E-state index in [4.69, 9.17) is 5.73 Å². The van der Waals surface area contributed by atoms with Gasteiger partial charge in [-0.1, -0.05) is 0 Å². The van der Waals surface area contributed by atoms with Gasteiger partial charge in [0.25, 0.3) is 10.0 Å². The van der Waals surface area contributed by atoms with E-state index in [-0.39, 0.29) is 26.9 Å². The first-order chi connectivity index (χ1) is 10.5. The first-order valence-corrected chi connectivity index (χ1v) is 9.94. The third kappa shape index (κ3) is 3.80. The van der Waals surface area contributed by atoms with Gasteiger partial charge in [0, 0.05) is 6.26 Å². The molecule has 1 aromatic carbocycles. The summed E-state index contributed by atoms with van der Waals surface area (Å²) >= 11 is 0. The van der Waals surface area contributed by atoms with Crippen LogP contribution in [-0.2, 0) is 19.9 Å². The second-order valence-corrected chi connectivity index (χ2v) is 8.87. The standard InChI is InChI=1S/C14H17N3O4S2/c1-9-6-12(22(3,18)19)10(2)13(7-9)23(20,21)17-11-4-5-14(15)16-8-11/h4-8,17H,1-3H3,(H2,15,16). The summed E-state index contributed by atoms with van der Waals surface area (Å²) in [5, 5.41) is 0. The molecule has 0 unspecified atom stereocenters. The summed E-state index contributed by atoms with van der Waals surface area (Å²) in [6.07, 6.45) is 2.33. The van der Waals surface area contributed by atoms with Gasteiger partial charge >= 0.3 is 0 Å². The van der Waals surface area contributed by atoms with Crippen molar-refractivity contribution in [3.05, 3.63) is 41.6 Å². The Morgan fingerprint density at radius 3 is 2.17 bits per heavy atom. The van der Waals surface area contributed by atoms with Crippen LogP contribution in [0.2, 0.25) is 0 Å². The number of nitrogen functional groups attached to an aromatic ring is 1. The van der Waals surface area contributed by atoms with Gasteiger partial charge in [-0.2, -0.15) is 0 Å². The Morgan fingerprint density at radius 2 is 1.65 bits per heavy atom. The van der Waals surface area contributed by atoms with Crippen LogP contribution in [0.3, 0.4) is 0 Å². The maximum atomic E-state index is 12.6. The molecule has 124 valence electrons. The number of aromatic nitrogens is 1. The summed E-state index contributed by atoms with van der Waals surface area (Å²) < 4.78 is 51.2. The number of benzene rings is 1. The highest BCUT2D eigenvalue weighted by molar-refractivity contribution is 7.93. The Bertz CT molecular complexity index is 950. The van der Waals surface area contributed by atoms with Crippen molar-refractivity contribution in [2.24, 2.45) is 0 Å². The molecule has 3 N–H and O–H groups in total. The number of rotatable bonds is 4. The fourth-order valence-electron chi connectivity index (χ4n) is 2.13. The zero-order chi connectivity index (χ0) is 17.4. The number of sulfonamides is 1. The van der Waals surface area contributed by atoms with Crippen molar-refractivity contribution in [2.75, 3.05) is 16.7 Å². The smallest absolute Gasteiger partial charge is 0.262 e. The van der Waals surface area contributed by atoms with Crippen LogP contribution in [0.4, 0.5) is 11.5 Å². The summed E-state index contributed by atoms with van der Waals surface area (Å²) in [6, 6.07) is 5.82. The van der Waals surface area contributed by atoms with Crippen molar-refractivity contribution in [2.45, 2.75) is 23.6 Å². The predicted molar refractivity (Wildman–Crippen MR) is 88.5 cm³/mol. The van der Waals surface area contributed by atoms with Crippen LogP contribution in [-0.4, -0.2) is 28.1 Å². The molecule has 9 heteroatoms. The van der Waals surface area contributed by atoms with Gasteiger partial charge in [0.15, 0.2) is 9.84 Å². The van der Waals surface area contributed by atoms with Gasteiger partial charge in [-0.05, 0) is 49.2 Å². The molecule has 1 heterocycles. The predicted octanol–water partition coefficient (Wildman–Crippen LogP) is 1.48. The monoisotopic (exact) mass is 355 g/mol. The number of nitrogens with two attached hydrogens (primary N) is 1. The van der Waals surface area contributed by atoms with Crippen molar-refractivity contribution in [1.29, 1.82) is 0 Å². The molecule has 0 atom stereocenters. The van der Waals surface area contributed by atoms with E-state index in [1.54, 1.807) is 6.92 Å². The van der Waals surface area contributed by atoms with Gasteiger partial charge in [-0.25, -0.2) is 21.8 Å². The van der Waals surface area contributed by atoms with Crippen LogP contribution in [0.25, 0.3) is 0 Å². The molecule has 0 aliphatic heterocycles. The first-order valence-electron chi connectivity index (χ1n) is 6.56. The van der Waals surface area contributed by atoms with Gasteiger partial charge in [-0.3, -0.25) is 4.72 Å². The number of pyridine rings is 1. The largest absolute Gasteiger partial charge is 0.384 e. The molecule has 2 rings (SSSR count). The normalized spacial score (nSPS) is 12.1. The lowest BCUT2D eigenvalue weighted by Gasteiger charge is -2.14. The van der Waals surface area contributed by atoms with Crippen LogP contribution >= 0.6 is 0 Å². The zero-order valence-electron chi connectivity index (χ0n) is 12.9. The Hall–Kier alpha value is -2.13. The van der Waals surface area contributed by atoms with Crippen molar-refractivity contribution in [1.82, 2.24) is 4.98 Å². The summed E-state index contributed by atoms with van der Waals surface area (Å²) in [7, 11) is -7.50. The summed E-state index contributed by atoms with van der Waals surface area (Å²) in [5.74, 6) is 0.263. The van der Waals surface area contributed by atoms with E-state index in [2.05, 4.69) is 9.71 Å². The van der Waals surface area contributed by atoms with Gasteiger partial charge in [0.2, 0.25) is 0 Å². The minimum absolute atomic E-state index is 0.00620. The number of sulfone groups is 1. The lowest BCUT2D eigenvalue weighted by atomic mass is 10.2. The van der Waals surface area contributed by atoms with Gasteiger partial charge in [0.05, 0.1) is 21.7 Å². The van der Waals surface area contributed by atoms with E-state index in [0.717, 1.165) is 6.26 Å². The molecular formula is C14H17N3O4S2. The lowest BCUT2D eigenvalue weighted by molar-refractivity contribution is 0.598. The molecule has 0 spiro atoms. The molecule has 2 aromatic rings. The lowest BCUT2D eigenvalue weighted by Crippen LogP contribution is -2.16. The molecule has 23 heavy (non-hydrogen) atoms. The maximum Gasteiger partial charge on any atom is 0.262 e. The molecule has 0 saturated heterocycles. The third-order valence-electron chi connectivity index (χ3n) is 3.18. The van der Waals surface area contributed by atoms with Gasteiger partial charge in [0.1, 0.15) is 5.82 Å². The van der Waals surface area contributed by atoms with Crippen LogP contribution in [0.15, 0.2) is 40.3 Å². The number of nitrogens with one attached hydrogen (secondary N) is 1. The second-order valence-electron chi connectivity index (χ2n) is 5.24. The van der Waals surface area contributed by atoms with E-state index < -0.39 is 19.9 Å². The second kappa shape index (κ2) is 5.82. The molecule has 0 bridgehead atoms. The van der Waals surface area contributed by atoms with Crippen molar-refractivity contribution in [3.8, 4) is 0 Å². The highest BCUT2D eigenvalue weighted by Crippen LogP contribution is 2.26. The van der Waals surface area contributed by atoms with Crippen LogP contribution in [0, 0.1) is 13.8 Å². The van der Waals surface area contributed by atoms with E-state index in [0.29, 0.717) is 5.56 Å². The molecule has 7 nitrogen and oxygen atoms in total. The van der Waals surface area contributed by atoms with Gasteiger partial charge in [-0.15, -0.1) is 0 Å². The molecule has 0 aliphatic carbocycles. The Balaban J connectivity index is 2.56. The SMILES string of the molecule is Cc1cc(S(C)(=O)=O)c(C)c(S(=O)(=O)Nc2ccc(N)nc2)c1. The van der Waals surface area contributed by atoms with Crippen molar-refractivity contribution >= 4 is 31.4 Å². The topological polar surface area (TPSA) is 119 Å². The summed E-state index contributed by atoms with van der Waals surface area (Å²) in [6.45, 7) is 3.10. The quantitative estimate of drug-likeness (QED) is 0.857.